The summed E-state index contributed by atoms with van der Waals surface area (Å²) < 4.78 is 22.3. The van der Waals surface area contributed by atoms with Crippen molar-refractivity contribution in [2.45, 2.75) is 31.4 Å². The van der Waals surface area contributed by atoms with E-state index in [1.54, 1.807) is 4.90 Å². The Morgan fingerprint density at radius 3 is 2.59 bits per heavy atom. The molecule has 0 bridgehead atoms. The smallest absolute Gasteiger partial charge is 0.329 e. The van der Waals surface area contributed by atoms with Crippen molar-refractivity contribution in [3.05, 3.63) is 26.7 Å². The normalized spacial score (nSPS) is 26.4. The van der Waals surface area contributed by atoms with Gasteiger partial charge < -0.3 is 20.5 Å². The fourth-order valence-electron chi connectivity index (χ4n) is 4.89. The molecule has 1 aliphatic heterocycles. The van der Waals surface area contributed by atoms with Crippen LogP contribution in [0, 0.1) is 17.7 Å². The zero-order chi connectivity index (χ0) is 20.6. The van der Waals surface area contributed by atoms with E-state index in [0.717, 1.165) is 12.8 Å². The largest absolute Gasteiger partial charge is 0.492 e. The number of ketones is 1. The Morgan fingerprint density at radius 2 is 1.97 bits per heavy atom. The maximum Gasteiger partial charge on any atom is 0.329 e. The number of aliphatic hydroxyl groups is 1. The van der Waals surface area contributed by atoms with Gasteiger partial charge in [0.25, 0.3) is 5.56 Å². The summed E-state index contributed by atoms with van der Waals surface area (Å²) in [5.74, 6) is -1.47. The lowest BCUT2D eigenvalue weighted by Gasteiger charge is -2.26. The number of nitrogen functional groups attached to an aromatic ring is 1. The van der Waals surface area contributed by atoms with Crippen LogP contribution in [0.3, 0.4) is 0 Å². The predicted molar refractivity (Wildman–Crippen MR) is 103 cm³/mol. The van der Waals surface area contributed by atoms with Crippen LogP contribution >= 0.6 is 0 Å². The molecule has 0 amide bonds. The average molecular weight is 404 g/mol. The molecule has 1 aromatic heterocycles. The van der Waals surface area contributed by atoms with Gasteiger partial charge in [0.2, 0.25) is 0 Å². The molecule has 2 heterocycles. The molecule has 9 nitrogen and oxygen atoms in total. The second-order valence-corrected chi connectivity index (χ2v) is 8.12. The monoisotopic (exact) mass is 404 g/mol. The summed E-state index contributed by atoms with van der Waals surface area (Å²) in [6.07, 6.45) is 0.882. The summed E-state index contributed by atoms with van der Waals surface area (Å²) in [6.45, 7) is 0.568. The first-order valence-electron chi connectivity index (χ1n) is 9.63. The van der Waals surface area contributed by atoms with Crippen LogP contribution in [0.1, 0.15) is 25.3 Å². The van der Waals surface area contributed by atoms with Crippen molar-refractivity contribution >= 4 is 28.1 Å². The van der Waals surface area contributed by atoms with Crippen molar-refractivity contribution in [3.8, 4) is 5.75 Å². The van der Waals surface area contributed by atoms with Gasteiger partial charge in [0.15, 0.2) is 17.3 Å². The number of carbonyl (C=O) groups is 1. The number of rotatable bonds is 3. The molecule has 5 rings (SSSR count). The molecule has 10 heteroatoms. The maximum atomic E-state index is 15.4. The number of H-pyrrole nitrogens is 1. The molecule has 1 saturated heterocycles. The number of carbonyl (C=O) groups excluding carboxylic acids is 1. The highest BCUT2D eigenvalue weighted by Gasteiger charge is 2.48. The van der Waals surface area contributed by atoms with Gasteiger partial charge in [0.1, 0.15) is 17.3 Å². The minimum atomic E-state index is -0.973. The molecule has 0 radical (unpaired) electrons. The molecule has 3 unspecified atom stereocenters. The number of Topliss-reactive ketones (excluding diaryl/α,β-unsaturated/α-hetero) is 1. The zero-order valence-electron chi connectivity index (χ0n) is 15.8. The average Bonchev–Trinajstić information content (AvgIpc) is 3.37. The Labute approximate surface area is 163 Å². The molecule has 1 aromatic carbocycles. The van der Waals surface area contributed by atoms with Gasteiger partial charge in [-0.05, 0) is 25.2 Å². The number of hydrogen-bond donors (Lipinski definition) is 3. The number of nitrogens with one attached hydrogen (secondary N) is 1. The number of aliphatic hydroxyl groups excluding tert-OH is 1. The number of hydrogen-bond acceptors (Lipinski definition) is 7. The third-order valence-electron chi connectivity index (χ3n) is 6.38. The number of methoxy groups -OCH3 is 1. The van der Waals surface area contributed by atoms with Crippen molar-refractivity contribution in [1.29, 1.82) is 0 Å². The van der Waals surface area contributed by atoms with E-state index >= 15 is 4.39 Å². The third kappa shape index (κ3) is 2.44. The SMILES string of the molecule is COc1c(N2CC3CC(O)C(=O)C3C2)c(F)c(N)c2c(=O)[nH]c(=O)n(C3CC3)c12. The lowest BCUT2D eigenvalue weighted by molar-refractivity contribution is -0.127. The van der Waals surface area contributed by atoms with Gasteiger partial charge in [-0.1, -0.05) is 0 Å². The number of benzene rings is 1. The number of aromatic nitrogens is 2. The molecule has 3 fully saturated rings. The van der Waals surface area contributed by atoms with E-state index in [1.165, 1.54) is 11.7 Å². The van der Waals surface area contributed by atoms with Gasteiger partial charge in [-0.15, -0.1) is 0 Å². The van der Waals surface area contributed by atoms with Gasteiger partial charge in [-0.3, -0.25) is 19.1 Å². The molecule has 0 spiro atoms. The summed E-state index contributed by atoms with van der Waals surface area (Å²) in [7, 11) is 1.35. The lowest BCUT2D eigenvalue weighted by atomic mass is 10.0. The Hall–Kier alpha value is -2.88. The quantitative estimate of drug-likeness (QED) is 0.620. The fraction of sp³-hybridized carbons (Fsp3) is 0.526. The Kier molecular flexibility index (Phi) is 3.79. The summed E-state index contributed by atoms with van der Waals surface area (Å²) in [5.41, 5.74) is 4.55. The molecular formula is C19H21FN4O5. The van der Waals surface area contributed by atoms with E-state index in [0.29, 0.717) is 13.0 Å². The number of nitrogens with zero attached hydrogens (tertiary/aromatic N) is 2. The molecule has 2 saturated carbocycles. The number of fused-ring (bicyclic) bond motifs is 2. The molecule has 29 heavy (non-hydrogen) atoms. The second-order valence-electron chi connectivity index (χ2n) is 8.12. The zero-order valence-corrected chi connectivity index (χ0v) is 15.8. The van der Waals surface area contributed by atoms with Crippen LogP contribution in [0.2, 0.25) is 0 Å². The lowest BCUT2D eigenvalue weighted by Crippen LogP contribution is -2.32. The van der Waals surface area contributed by atoms with Gasteiger partial charge in [-0.25, -0.2) is 9.18 Å². The third-order valence-corrected chi connectivity index (χ3v) is 6.38. The van der Waals surface area contributed by atoms with Crippen molar-refractivity contribution < 1.29 is 19.0 Å². The molecule has 3 aliphatic rings. The molecular weight excluding hydrogens is 383 g/mol. The van der Waals surface area contributed by atoms with Gasteiger partial charge in [0.05, 0.1) is 18.2 Å². The molecule has 154 valence electrons. The van der Waals surface area contributed by atoms with Crippen LogP contribution in [0.5, 0.6) is 5.75 Å². The first-order chi connectivity index (χ1) is 13.8. The van der Waals surface area contributed by atoms with Crippen LogP contribution in [0.4, 0.5) is 15.8 Å². The van der Waals surface area contributed by atoms with Gasteiger partial charge in [0, 0.05) is 25.0 Å². The summed E-state index contributed by atoms with van der Waals surface area (Å²) in [5, 5.41) is 9.69. The van der Waals surface area contributed by atoms with Crippen molar-refractivity contribution in [2.75, 3.05) is 30.8 Å². The number of aromatic amines is 1. The van der Waals surface area contributed by atoms with E-state index in [1.807, 2.05) is 0 Å². The highest BCUT2D eigenvalue weighted by molar-refractivity contribution is 6.00. The standard InChI is InChI=1S/C19H21FN4O5/c1-29-17-14-11(18(27)22-19(28)24(14)8-2-3-8)13(21)12(20)15(17)23-5-7-4-10(25)16(26)9(7)6-23/h7-10,25H,2-6,21H2,1H3,(H,22,27,28). The molecule has 3 atom stereocenters. The number of nitrogens with two attached hydrogens (primary N) is 1. The van der Waals surface area contributed by atoms with Crippen LogP contribution in [0.25, 0.3) is 10.9 Å². The van der Waals surface area contributed by atoms with Crippen molar-refractivity contribution in [3.63, 3.8) is 0 Å². The second kappa shape index (κ2) is 6.06. The van der Waals surface area contributed by atoms with Crippen LogP contribution in [0.15, 0.2) is 9.59 Å². The molecule has 2 aromatic rings. The van der Waals surface area contributed by atoms with Crippen LogP contribution in [-0.2, 0) is 4.79 Å². The Bertz CT molecular complexity index is 1170. The van der Waals surface area contributed by atoms with Crippen LogP contribution in [-0.4, -0.2) is 46.7 Å². The van der Waals surface area contributed by atoms with Gasteiger partial charge >= 0.3 is 5.69 Å². The van der Waals surface area contributed by atoms with Crippen molar-refractivity contribution in [2.24, 2.45) is 11.8 Å². The highest BCUT2D eigenvalue weighted by atomic mass is 19.1. The Morgan fingerprint density at radius 1 is 1.24 bits per heavy atom. The van der Waals surface area contributed by atoms with E-state index in [-0.39, 0.29) is 52.3 Å². The van der Waals surface area contributed by atoms with Crippen molar-refractivity contribution in [1.82, 2.24) is 9.55 Å². The summed E-state index contributed by atoms with van der Waals surface area (Å²) >= 11 is 0. The predicted octanol–water partition coefficient (Wildman–Crippen LogP) is 0.141. The topological polar surface area (TPSA) is 131 Å². The van der Waals surface area contributed by atoms with E-state index in [4.69, 9.17) is 10.5 Å². The van der Waals surface area contributed by atoms with Crippen LogP contribution < -0.4 is 26.6 Å². The fourth-order valence-corrected chi connectivity index (χ4v) is 4.89. The number of ether oxygens (including phenoxy) is 1. The van der Waals surface area contributed by atoms with E-state index in [2.05, 4.69) is 4.98 Å². The highest BCUT2D eigenvalue weighted by Crippen LogP contribution is 2.47. The summed E-state index contributed by atoms with van der Waals surface area (Å²) in [4.78, 5) is 41.0. The molecule has 4 N–H and O–H groups in total. The first kappa shape index (κ1) is 18.2. The summed E-state index contributed by atoms with van der Waals surface area (Å²) in [6, 6.07) is -0.108. The van der Waals surface area contributed by atoms with Gasteiger partial charge in [-0.2, -0.15) is 0 Å². The molecule has 2 aliphatic carbocycles. The first-order valence-corrected chi connectivity index (χ1v) is 9.63. The maximum absolute atomic E-state index is 15.4. The minimum Gasteiger partial charge on any atom is -0.492 e. The number of anilines is 2. The minimum absolute atomic E-state index is 0.0496. The van der Waals surface area contributed by atoms with E-state index in [9.17, 15) is 19.5 Å². The number of halogens is 1. The van der Waals surface area contributed by atoms with E-state index < -0.39 is 29.1 Å². The Balaban J connectivity index is 1.76.